The molecule has 2 aromatic carbocycles. The third-order valence-electron chi connectivity index (χ3n) is 7.37. The Kier molecular flexibility index (Phi) is 7.58. The standard InChI is InChI=1S/C29H28Cl3NO4/c1-3-33-21-6-4-8-23(34)27(21)26(28-22(33)7-5-9-24(28)35)17-12-20(32)29(25(13-17)36-2)37-15-16-10-11-18(30)14-19(16)31/h10-14,26H,3-9,15H2,1-2H3. The molecule has 37 heavy (non-hydrogen) atoms. The minimum Gasteiger partial charge on any atom is -0.493 e. The number of Topliss-reactive ketones (excluding diaryl/α,β-unsaturated/α-hetero) is 2. The molecule has 0 spiro atoms. The van der Waals surface area contributed by atoms with Crippen molar-refractivity contribution in [2.24, 2.45) is 0 Å². The van der Waals surface area contributed by atoms with E-state index in [1.165, 1.54) is 0 Å². The van der Waals surface area contributed by atoms with Gasteiger partial charge in [-0.15, -0.1) is 0 Å². The predicted octanol–water partition coefficient (Wildman–Crippen LogP) is 7.67. The highest BCUT2D eigenvalue weighted by molar-refractivity contribution is 6.35. The van der Waals surface area contributed by atoms with Crippen LogP contribution < -0.4 is 9.47 Å². The smallest absolute Gasteiger partial charge is 0.180 e. The van der Waals surface area contributed by atoms with Gasteiger partial charge in [0.2, 0.25) is 0 Å². The number of halogens is 3. The Morgan fingerprint density at radius 3 is 2.11 bits per heavy atom. The van der Waals surface area contributed by atoms with Crippen LogP contribution in [0.4, 0.5) is 0 Å². The highest BCUT2D eigenvalue weighted by Gasteiger charge is 2.43. The van der Waals surface area contributed by atoms with Crippen molar-refractivity contribution in [3.8, 4) is 11.5 Å². The van der Waals surface area contributed by atoms with Crippen LogP contribution in [0.2, 0.25) is 15.1 Å². The van der Waals surface area contributed by atoms with Gasteiger partial charge in [-0.05, 0) is 62.4 Å². The van der Waals surface area contributed by atoms with E-state index in [-0.39, 0.29) is 18.2 Å². The summed E-state index contributed by atoms with van der Waals surface area (Å²) < 4.78 is 11.7. The summed E-state index contributed by atoms with van der Waals surface area (Å²) in [6.45, 7) is 2.98. The Labute approximate surface area is 232 Å². The number of ketones is 2. The number of carbonyl (C=O) groups excluding carboxylic acids is 2. The average molecular weight is 561 g/mol. The quantitative estimate of drug-likeness (QED) is 0.363. The average Bonchev–Trinajstić information content (AvgIpc) is 2.87. The van der Waals surface area contributed by atoms with Crippen LogP contribution >= 0.6 is 34.8 Å². The number of hydrogen-bond donors (Lipinski definition) is 0. The van der Waals surface area contributed by atoms with Crippen molar-refractivity contribution < 1.29 is 19.1 Å². The van der Waals surface area contributed by atoms with E-state index in [1.807, 2.05) is 6.07 Å². The first-order chi connectivity index (χ1) is 17.8. The molecule has 5 nitrogen and oxygen atoms in total. The largest absolute Gasteiger partial charge is 0.493 e. The van der Waals surface area contributed by atoms with Gasteiger partial charge in [0.15, 0.2) is 23.1 Å². The molecule has 194 valence electrons. The zero-order valence-corrected chi connectivity index (χ0v) is 23.1. The van der Waals surface area contributed by atoms with Crippen LogP contribution in [0.1, 0.15) is 62.5 Å². The van der Waals surface area contributed by atoms with Gasteiger partial charge >= 0.3 is 0 Å². The van der Waals surface area contributed by atoms with Crippen LogP contribution in [0.3, 0.4) is 0 Å². The first-order valence-electron chi connectivity index (χ1n) is 12.6. The van der Waals surface area contributed by atoms with E-state index in [4.69, 9.17) is 44.3 Å². The molecule has 1 heterocycles. The van der Waals surface area contributed by atoms with Gasteiger partial charge in [0, 0.05) is 63.5 Å². The third kappa shape index (κ3) is 4.78. The molecule has 2 aliphatic carbocycles. The maximum Gasteiger partial charge on any atom is 0.180 e. The van der Waals surface area contributed by atoms with E-state index in [0.717, 1.165) is 65.9 Å². The number of carbonyl (C=O) groups is 2. The zero-order chi connectivity index (χ0) is 26.3. The highest BCUT2D eigenvalue weighted by Crippen LogP contribution is 2.51. The first-order valence-corrected chi connectivity index (χ1v) is 13.7. The molecule has 0 unspecified atom stereocenters. The molecular weight excluding hydrogens is 533 g/mol. The summed E-state index contributed by atoms with van der Waals surface area (Å²) in [6.07, 6.45) is 4.26. The van der Waals surface area contributed by atoms with E-state index >= 15 is 0 Å². The summed E-state index contributed by atoms with van der Waals surface area (Å²) in [4.78, 5) is 28.9. The molecule has 0 saturated heterocycles. The van der Waals surface area contributed by atoms with Crippen LogP contribution in [-0.2, 0) is 16.2 Å². The highest BCUT2D eigenvalue weighted by atomic mass is 35.5. The zero-order valence-electron chi connectivity index (χ0n) is 20.8. The van der Waals surface area contributed by atoms with Crippen molar-refractivity contribution in [3.05, 3.63) is 79.1 Å². The molecule has 5 rings (SSSR count). The van der Waals surface area contributed by atoms with Crippen molar-refractivity contribution in [3.63, 3.8) is 0 Å². The maximum absolute atomic E-state index is 13.3. The van der Waals surface area contributed by atoms with E-state index in [2.05, 4.69) is 11.8 Å². The minimum atomic E-state index is -0.459. The Morgan fingerprint density at radius 2 is 1.54 bits per heavy atom. The molecule has 0 fully saturated rings. The van der Waals surface area contributed by atoms with Gasteiger partial charge in [-0.3, -0.25) is 9.59 Å². The number of rotatable bonds is 6. The van der Waals surface area contributed by atoms with E-state index < -0.39 is 5.92 Å². The number of hydrogen-bond acceptors (Lipinski definition) is 5. The summed E-state index contributed by atoms with van der Waals surface area (Å²) in [6, 6.07) is 8.84. The first kappa shape index (κ1) is 26.1. The molecule has 0 N–H and O–H groups in total. The molecular formula is C29H28Cl3NO4. The molecule has 0 bridgehead atoms. The monoisotopic (exact) mass is 559 g/mol. The van der Waals surface area contributed by atoms with Gasteiger partial charge in [0.25, 0.3) is 0 Å². The number of ether oxygens (including phenoxy) is 2. The van der Waals surface area contributed by atoms with Crippen LogP contribution in [0.25, 0.3) is 0 Å². The Bertz CT molecular complexity index is 1300. The summed E-state index contributed by atoms with van der Waals surface area (Å²) in [5.74, 6) is 0.545. The summed E-state index contributed by atoms with van der Waals surface area (Å²) >= 11 is 19.1. The number of benzene rings is 2. The molecule has 0 atom stereocenters. The lowest BCUT2D eigenvalue weighted by molar-refractivity contribution is -0.117. The lowest BCUT2D eigenvalue weighted by Crippen LogP contribution is -2.39. The number of nitrogens with zero attached hydrogens (tertiary/aromatic N) is 1. The summed E-state index contributed by atoms with van der Waals surface area (Å²) in [7, 11) is 1.55. The van der Waals surface area contributed by atoms with Crippen molar-refractivity contribution in [1.29, 1.82) is 0 Å². The Hall–Kier alpha value is -2.47. The second-order valence-corrected chi connectivity index (χ2v) is 10.8. The molecule has 0 aromatic heterocycles. The van der Waals surface area contributed by atoms with Crippen LogP contribution in [0, 0.1) is 0 Å². The van der Waals surface area contributed by atoms with E-state index in [0.29, 0.717) is 39.4 Å². The van der Waals surface area contributed by atoms with Crippen LogP contribution in [0.15, 0.2) is 52.9 Å². The molecule has 3 aliphatic rings. The Morgan fingerprint density at radius 1 is 0.892 bits per heavy atom. The van der Waals surface area contributed by atoms with Gasteiger partial charge in [0.1, 0.15) is 6.61 Å². The summed E-state index contributed by atoms with van der Waals surface area (Å²) in [5.41, 5.74) is 5.06. The van der Waals surface area contributed by atoms with Gasteiger partial charge < -0.3 is 14.4 Å². The van der Waals surface area contributed by atoms with Crippen LogP contribution in [-0.4, -0.2) is 30.1 Å². The van der Waals surface area contributed by atoms with Crippen molar-refractivity contribution in [1.82, 2.24) is 4.90 Å². The van der Waals surface area contributed by atoms with Crippen LogP contribution in [0.5, 0.6) is 11.5 Å². The molecule has 1 aliphatic heterocycles. The lowest BCUT2D eigenvalue weighted by Gasteiger charge is -2.43. The molecule has 2 aromatic rings. The van der Waals surface area contributed by atoms with Gasteiger partial charge in [0.05, 0.1) is 12.1 Å². The van der Waals surface area contributed by atoms with E-state index in [1.54, 1.807) is 31.4 Å². The van der Waals surface area contributed by atoms with Gasteiger partial charge in [-0.1, -0.05) is 40.9 Å². The predicted molar refractivity (Wildman–Crippen MR) is 146 cm³/mol. The fourth-order valence-electron chi connectivity index (χ4n) is 5.77. The molecule has 8 heteroatoms. The fraction of sp³-hybridized carbons (Fsp3) is 0.379. The normalized spacial score (nSPS) is 18.2. The fourth-order valence-corrected chi connectivity index (χ4v) is 6.50. The second-order valence-electron chi connectivity index (χ2n) is 9.51. The Balaban J connectivity index is 1.59. The van der Waals surface area contributed by atoms with Gasteiger partial charge in [-0.2, -0.15) is 0 Å². The molecule has 0 saturated carbocycles. The SMILES string of the molecule is CCN1C2=C(C(=O)CCC2)C(c2cc(Cl)c(OCc3ccc(Cl)cc3Cl)c(OC)c2)C2=C1CCCC2=O. The maximum atomic E-state index is 13.3. The molecule has 0 amide bonds. The number of methoxy groups -OCH3 is 1. The van der Waals surface area contributed by atoms with Gasteiger partial charge in [-0.25, -0.2) is 0 Å². The third-order valence-corrected chi connectivity index (χ3v) is 8.24. The minimum absolute atomic E-state index is 0.0995. The van der Waals surface area contributed by atoms with Crippen molar-refractivity contribution in [2.45, 2.75) is 58.0 Å². The topological polar surface area (TPSA) is 55.8 Å². The van der Waals surface area contributed by atoms with Crippen molar-refractivity contribution in [2.75, 3.05) is 13.7 Å². The summed E-state index contributed by atoms with van der Waals surface area (Å²) in [5, 5.41) is 1.38. The van der Waals surface area contributed by atoms with Crippen molar-refractivity contribution >= 4 is 46.4 Å². The van der Waals surface area contributed by atoms with E-state index in [9.17, 15) is 9.59 Å². The lowest BCUT2D eigenvalue weighted by atomic mass is 9.71. The second kappa shape index (κ2) is 10.7. The molecule has 0 radical (unpaired) electrons. The number of allylic oxidation sites excluding steroid dienone is 4.